The van der Waals surface area contributed by atoms with Crippen molar-refractivity contribution in [2.24, 2.45) is 0 Å². The molecule has 23 heavy (non-hydrogen) atoms. The van der Waals surface area contributed by atoms with E-state index < -0.39 is 5.97 Å². The molecule has 0 N–H and O–H groups in total. The summed E-state index contributed by atoms with van der Waals surface area (Å²) < 4.78 is 4.90. The molecule has 6 heteroatoms. The second-order valence-corrected chi connectivity index (χ2v) is 4.98. The minimum Gasteiger partial charge on any atom is -0.461 e. The number of esters is 1. The van der Waals surface area contributed by atoms with E-state index in [1.165, 1.54) is 6.07 Å². The van der Waals surface area contributed by atoms with Gasteiger partial charge in [0, 0.05) is 0 Å². The van der Waals surface area contributed by atoms with Gasteiger partial charge in [-0.3, -0.25) is 14.5 Å². The van der Waals surface area contributed by atoms with Gasteiger partial charge >= 0.3 is 5.97 Å². The molecule has 1 aromatic heterocycles. The number of imide groups is 1. The second-order valence-electron chi connectivity index (χ2n) is 4.98. The van der Waals surface area contributed by atoms with Crippen LogP contribution in [-0.4, -0.2) is 34.3 Å². The Morgan fingerprint density at radius 3 is 2.30 bits per heavy atom. The van der Waals surface area contributed by atoms with Crippen molar-refractivity contribution in [1.82, 2.24) is 9.88 Å². The molecule has 1 aromatic carbocycles. The number of aromatic nitrogens is 1. The third-order valence-corrected chi connectivity index (χ3v) is 3.49. The van der Waals surface area contributed by atoms with E-state index in [4.69, 9.17) is 4.74 Å². The summed E-state index contributed by atoms with van der Waals surface area (Å²) in [5.74, 6) is -1.24. The Morgan fingerprint density at radius 1 is 1.04 bits per heavy atom. The Kier molecular flexibility index (Phi) is 3.89. The highest BCUT2D eigenvalue weighted by Crippen LogP contribution is 2.23. The third kappa shape index (κ3) is 2.70. The number of nitrogens with zero attached hydrogens (tertiary/aromatic N) is 2. The quantitative estimate of drug-likeness (QED) is 0.638. The van der Waals surface area contributed by atoms with Crippen molar-refractivity contribution in [2.45, 2.75) is 13.5 Å². The molecule has 1 aliphatic rings. The van der Waals surface area contributed by atoms with Crippen LogP contribution >= 0.6 is 0 Å². The van der Waals surface area contributed by atoms with Crippen molar-refractivity contribution < 1.29 is 19.1 Å². The maximum Gasteiger partial charge on any atom is 0.356 e. The first-order valence-corrected chi connectivity index (χ1v) is 7.20. The molecular formula is C17H14N2O4. The fraction of sp³-hybridized carbons (Fsp3) is 0.176. The van der Waals surface area contributed by atoms with Crippen molar-refractivity contribution in [3.63, 3.8) is 0 Å². The normalized spacial score (nSPS) is 13.2. The van der Waals surface area contributed by atoms with Gasteiger partial charge in [0.25, 0.3) is 11.8 Å². The summed E-state index contributed by atoms with van der Waals surface area (Å²) in [6.07, 6.45) is 0. The van der Waals surface area contributed by atoms with Crippen LogP contribution in [0.15, 0.2) is 42.5 Å². The van der Waals surface area contributed by atoms with E-state index in [0.717, 1.165) is 4.90 Å². The van der Waals surface area contributed by atoms with Gasteiger partial charge in [-0.05, 0) is 31.2 Å². The molecule has 0 spiro atoms. The third-order valence-electron chi connectivity index (χ3n) is 3.49. The molecule has 0 bridgehead atoms. The van der Waals surface area contributed by atoms with Gasteiger partial charge in [0.1, 0.15) is 5.69 Å². The number of carbonyl (C=O) groups excluding carboxylic acids is 3. The number of fused-ring (bicyclic) bond motifs is 1. The average Bonchev–Trinajstić information content (AvgIpc) is 2.81. The van der Waals surface area contributed by atoms with Crippen molar-refractivity contribution in [2.75, 3.05) is 6.61 Å². The van der Waals surface area contributed by atoms with Crippen LogP contribution in [0.2, 0.25) is 0 Å². The maximum absolute atomic E-state index is 12.3. The highest BCUT2D eigenvalue weighted by atomic mass is 16.5. The van der Waals surface area contributed by atoms with E-state index in [1.54, 1.807) is 43.3 Å². The molecule has 0 saturated heterocycles. The Hall–Kier alpha value is -3.02. The van der Waals surface area contributed by atoms with Gasteiger partial charge in [-0.25, -0.2) is 9.78 Å². The van der Waals surface area contributed by atoms with Crippen LogP contribution in [-0.2, 0) is 11.3 Å². The molecule has 0 unspecified atom stereocenters. The van der Waals surface area contributed by atoms with Gasteiger partial charge in [-0.1, -0.05) is 18.2 Å². The predicted molar refractivity (Wildman–Crippen MR) is 80.8 cm³/mol. The van der Waals surface area contributed by atoms with E-state index in [-0.39, 0.29) is 30.7 Å². The first kappa shape index (κ1) is 14.9. The molecule has 0 aliphatic carbocycles. The minimum absolute atomic E-state index is 0.0135. The monoisotopic (exact) mass is 310 g/mol. The van der Waals surface area contributed by atoms with Crippen LogP contribution in [0.5, 0.6) is 0 Å². The summed E-state index contributed by atoms with van der Waals surface area (Å²) in [4.78, 5) is 41.6. The number of pyridine rings is 1. The van der Waals surface area contributed by atoms with Crippen molar-refractivity contribution in [3.05, 3.63) is 65.0 Å². The zero-order valence-corrected chi connectivity index (χ0v) is 12.5. The maximum atomic E-state index is 12.3. The van der Waals surface area contributed by atoms with Gasteiger partial charge in [0.05, 0.1) is 30.0 Å². The lowest BCUT2D eigenvalue weighted by Gasteiger charge is -2.13. The SMILES string of the molecule is CCOC(=O)c1cccc(CN2C(=O)c3ccccc3C2=O)n1. The van der Waals surface area contributed by atoms with Crippen molar-refractivity contribution >= 4 is 17.8 Å². The minimum atomic E-state index is -0.531. The molecular weight excluding hydrogens is 296 g/mol. The van der Waals surface area contributed by atoms with Crippen LogP contribution in [0, 0.1) is 0 Å². The summed E-state index contributed by atoms with van der Waals surface area (Å²) in [6.45, 7) is 1.98. The lowest BCUT2D eigenvalue weighted by Crippen LogP contribution is -2.29. The fourth-order valence-corrected chi connectivity index (χ4v) is 2.43. The van der Waals surface area contributed by atoms with Crippen LogP contribution in [0.1, 0.15) is 43.8 Å². The molecule has 0 atom stereocenters. The molecule has 6 nitrogen and oxygen atoms in total. The van der Waals surface area contributed by atoms with E-state index in [9.17, 15) is 14.4 Å². The van der Waals surface area contributed by atoms with Crippen LogP contribution in [0.4, 0.5) is 0 Å². The van der Waals surface area contributed by atoms with E-state index in [1.807, 2.05) is 0 Å². The summed E-state index contributed by atoms with van der Waals surface area (Å²) in [5.41, 5.74) is 1.38. The number of rotatable bonds is 4. The van der Waals surface area contributed by atoms with Crippen molar-refractivity contribution in [1.29, 1.82) is 0 Å². The Bertz CT molecular complexity index is 766. The molecule has 116 valence electrons. The number of amides is 2. The molecule has 1 aliphatic heterocycles. The standard InChI is InChI=1S/C17H14N2O4/c1-2-23-17(22)14-9-5-6-11(18-14)10-19-15(20)12-7-3-4-8-13(12)16(19)21/h3-9H,2,10H2,1H3. The van der Waals surface area contributed by atoms with Gasteiger partial charge in [-0.15, -0.1) is 0 Å². The Balaban J connectivity index is 1.84. The fourth-order valence-electron chi connectivity index (χ4n) is 2.43. The van der Waals surface area contributed by atoms with E-state index in [2.05, 4.69) is 4.98 Å². The first-order valence-electron chi connectivity index (χ1n) is 7.20. The lowest BCUT2D eigenvalue weighted by atomic mass is 10.1. The molecule has 3 rings (SSSR count). The average molecular weight is 310 g/mol. The van der Waals surface area contributed by atoms with Crippen LogP contribution in [0.3, 0.4) is 0 Å². The Morgan fingerprint density at radius 2 is 1.70 bits per heavy atom. The van der Waals surface area contributed by atoms with Crippen LogP contribution in [0.25, 0.3) is 0 Å². The molecule has 0 radical (unpaired) electrons. The molecule has 0 fully saturated rings. The predicted octanol–water partition coefficient (Wildman–Crippen LogP) is 2.05. The van der Waals surface area contributed by atoms with Crippen LogP contribution < -0.4 is 0 Å². The zero-order valence-electron chi connectivity index (χ0n) is 12.5. The number of carbonyl (C=O) groups is 3. The zero-order chi connectivity index (χ0) is 16.4. The molecule has 2 heterocycles. The van der Waals surface area contributed by atoms with E-state index >= 15 is 0 Å². The number of hydrogen-bond acceptors (Lipinski definition) is 5. The number of ether oxygens (including phenoxy) is 1. The van der Waals surface area contributed by atoms with Crippen molar-refractivity contribution in [3.8, 4) is 0 Å². The van der Waals surface area contributed by atoms with Gasteiger partial charge < -0.3 is 4.74 Å². The second kappa shape index (κ2) is 6.00. The first-order chi connectivity index (χ1) is 11.1. The topological polar surface area (TPSA) is 76.6 Å². The summed E-state index contributed by atoms with van der Waals surface area (Å²) >= 11 is 0. The highest BCUT2D eigenvalue weighted by Gasteiger charge is 2.35. The highest BCUT2D eigenvalue weighted by molar-refractivity contribution is 6.21. The smallest absolute Gasteiger partial charge is 0.356 e. The summed E-state index contributed by atoms with van der Waals surface area (Å²) in [6, 6.07) is 11.5. The van der Waals surface area contributed by atoms with Gasteiger partial charge in [0.2, 0.25) is 0 Å². The Labute approximate surface area is 132 Å². The summed E-state index contributed by atoms with van der Waals surface area (Å²) in [7, 11) is 0. The number of hydrogen-bond donors (Lipinski definition) is 0. The molecule has 2 aromatic rings. The molecule has 2 amide bonds. The number of benzene rings is 1. The van der Waals surface area contributed by atoms with Gasteiger partial charge in [0.15, 0.2) is 0 Å². The summed E-state index contributed by atoms with van der Waals surface area (Å²) in [5, 5.41) is 0. The molecule has 0 saturated carbocycles. The lowest BCUT2D eigenvalue weighted by molar-refractivity contribution is 0.0519. The van der Waals surface area contributed by atoms with E-state index in [0.29, 0.717) is 16.8 Å². The van der Waals surface area contributed by atoms with Gasteiger partial charge in [-0.2, -0.15) is 0 Å². The largest absolute Gasteiger partial charge is 0.461 e.